The Bertz CT molecular complexity index is 1340. The Balaban J connectivity index is 1.62. The maximum absolute atomic E-state index is 11.2. The van der Waals surface area contributed by atoms with Crippen LogP contribution in [0.15, 0.2) is 42.7 Å². The summed E-state index contributed by atoms with van der Waals surface area (Å²) < 4.78 is 7.72. The highest BCUT2D eigenvalue weighted by atomic mass is 16.5. The molecule has 0 spiro atoms. The number of nitrogens with zero attached hydrogens (tertiary/aromatic N) is 4. The average molecular weight is 429 g/mol. The number of aromatic carboxylic acids is 1. The third-order valence-corrected chi connectivity index (χ3v) is 5.55. The second-order valence-electron chi connectivity index (χ2n) is 8.23. The molecule has 0 unspecified atom stereocenters. The van der Waals surface area contributed by atoms with E-state index in [9.17, 15) is 9.90 Å². The molecule has 8 nitrogen and oxygen atoms in total. The van der Waals surface area contributed by atoms with Crippen LogP contribution >= 0.6 is 0 Å². The van der Waals surface area contributed by atoms with Gasteiger partial charge in [-0.3, -0.25) is 0 Å². The highest BCUT2D eigenvalue weighted by Crippen LogP contribution is 2.36. The van der Waals surface area contributed by atoms with Gasteiger partial charge in [0.1, 0.15) is 17.3 Å². The lowest BCUT2D eigenvalue weighted by Crippen LogP contribution is -2.09. The number of fused-ring (bicyclic) bond motifs is 1. The van der Waals surface area contributed by atoms with Crippen LogP contribution in [0.4, 0.5) is 5.82 Å². The summed E-state index contributed by atoms with van der Waals surface area (Å²) in [6, 6.07) is 10.4. The third kappa shape index (κ3) is 3.75. The van der Waals surface area contributed by atoms with Gasteiger partial charge in [0.15, 0.2) is 0 Å². The number of anilines is 1. The summed E-state index contributed by atoms with van der Waals surface area (Å²) in [5.41, 5.74) is 3.89. The van der Waals surface area contributed by atoms with Crippen LogP contribution in [-0.4, -0.2) is 36.9 Å². The first-order chi connectivity index (χ1) is 15.4. The van der Waals surface area contributed by atoms with Gasteiger partial charge >= 0.3 is 5.97 Å². The molecule has 0 aliphatic heterocycles. The number of para-hydroxylation sites is 1. The summed E-state index contributed by atoms with van der Waals surface area (Å²) in [5.74, 6) is 1.55. The Morgan fingerprint density at radius 1 is 1.12 bits per heavy atom. The largest absolute Gasteiger partial charge is 0.478 e. The lowest BCUT2D eigenvalue weighted by atomic mass is 10.1. The molecule has 4 aromatic rings. The molecule has 1 aliphatic carbocycles. The number of nitrogens with one attached hydrogen (secondary N) is 1. The zero-order valence-corrected chi connectivity index (χ0v) is 18.1. The van der Waals surface area contributed by atoms with E-state index in [-0.39, 0.29) is 5.56 Å². The lowest BCUT2D eigenvalue weighted by molar-refractivity contribution is 0.0697. The fraction of sp³-hybridized carbons (Fsp3) is 0.250. The SMILES string of the molecule is Cc1cc2nc(-n3cc(C(=O)O)cn3)nc(NC3CC3)c2cc1Oc1c(C)cccc1C. The second-order valence-corrected chi connectivity index (χ2v) is 8.23. The third-order valence-electron chi connectivity index (χ3n) is 5.55. The maximum atomic E-state index is 11.2. The molecule has 5 rings (SSSR count). The van der Waals surface area contributed by atoms with Crippen LogP contribution in [0.3, 0.4) is 0 Å². The smallest absolute Gasteiger partial charge is 0.338 e. The van der Waals surface area contributed by atoms with Crippen LogP contribution in [0, 0.1) is 20.8 Å². The number of aryl methyl sites for hydroxylation is 3. The zero-order chi connectivity index (χ0) is 22.4. The molecule has 2 heterocycles. The van der Waals surface area contributed by atoms with E-state index in [1.165, 1.54) is 17.1 Å². The van der Waals surface area contributed by atoms with E-state index < -0.39 is 5.97 Å². The van der Waals surface area contributed by atoms with Crippen molar-refractivity contribution >= 4 is 22.7 Å². The Morgan fingerprint density at radius 2 is 1.88 bits per heavy atom. The van der Waals surface area contributed by atoms with Crippen LogP contribution in [0.5, 0.6) is 11.5 Å². The van der Waals surface area contributed by atoms with Gasteiger partial charge in [0.25, 0.3) is 5.95 Å². The van der Waals surface area contributed by atoms with Gasteiger partial charge in [0.05, 0.1) is 17.3 Å². The van der Waals surface area contributed by atoms with Crippen LogP contribution in [0.25, 0.3) is 16.9 Å². The van der Waals surface area contributed by atoms with E-state index in [2.05, 4.69) is 20.4 Å². The van der Waals surface area contributed by atoms with E-state index >= 15 is 0 Å². The first-order valence-electron chi connectivity index (χ1n) is 10.5. The molecule has 1 fully saturated rings. The van der Waals surface area contributed by atoms with Crippen LogP contribution in [-0.2, 0) is 0 Å². The summed E-state index contributed by atoms with van der Waals surface area (Å²) in [7, 11) is 0. The molecule has 162 valence electrons. The number of aromatic nitrogens is 4. The number of hydrogen-bond acceptors (Lipinski definition) is 6. The molecule has 1 saturated carbocycles. The zero-order valence-electron chi connectivity index (χ0n) is 18.1. The van der Waals surface area contributed by atoms with Gasteiger partial charge in [-0.05, 0) is 62.4 Å². The van der Waals surface area contributed by atoms with Crippen molar-refractivity contribution in [3.05, 3.63) is 65.0 Å². The minimum Gasteiger partial charge on any atom is -0.478 e. The number of hydrogen-bond donors (Lipinski definition) is 2. The molecule has 0 radical (unpaired) electrons. The first-order valence-corrected chi connectivity index (χ1v) is 10.5. The Kier molecular flexibility index (Phi) is 4.77. The van der Waals surface area contributed by atoms with E-state index in [1.54, 1.807) is 0 Å². The van der Waals surface area contributed by atoms with E-state index in [0.717, 1.165) is 51.9 Å². The topological polar surface area (TPSA) is 102 Å². The summed E-state index contributed by atoms with van der Waals surface area (Å²) >= 11 is 0. The van der Waals surface area contributed by atoms with Crippen molar-refractivity contribution in [3.8, 4) is 17.4 Å². The first kappa shape index (κ1) is 20.0. The number of benzene rings is 2. The van der Waals surface area contributed by atoms with Gasteiger partial charge in [-0.25, -0.2) is 14.5 Å². The molecule has 1 aliphatic rings. The predicted octanol–water partition coefficient (Wildman–Crippen LogP) is 4.81. The van der Waals surface area contributed by atoms with Crippen molar-refractivity contribution < 1.29 is 14.6 Å². The monoisotopic (exact) mass is 429 g/mol. The van der Waals surface area contributed by atoms with E-state index in [1.807, 2.05) is 51.1 Å². The van der Waals surface area contributed by atoms with Gasteiger partial charge in [0.2, 0.25) is 0 Å². The standard InChI is InChI=1S/C24H23N5O3/c1-13-5-4-6-14(2)21(13)32-20-10-18-19(9-15(20)3)27-24(28-22(18)26-17-7-8-17)29-12-16(11-25-29)23(30)31/h4-6,9-12,17H,7-8H2,1-3H3,(H,30,31)(H,26,27,28). The fourth-order valence-electron chi connectivity index (χ4n) is 3.60. The molecule has 8 heteroatoms. The van der Waals surface area contributed by atoms with Gasteiger partial charge < -0.3 is 15.2 Å². The molecule has 0 amide bonds. The highest BCUT2D eigenvalue weighted by molar-refractivity contribution is 5.92. The van der Waals surface area contributed by atoms with Crippen LogP contribution < -0.4 is 10.1 Å². The Hall–Kier alpha value is -3.94. The van der Waals surface area contributed by atoms with Gasteiger partial charge in [-0.2, -0.15) is 10.1 Å². The summed E-state index contributed by atoms with van der Waals surface area (Å²) in [4.78, 5) is 20.6. The molecule has 2 aromatic carbocycles. The molecular weight excluding hydrogens is 406 g/mol. The normalized spacial score (nSPS) is 13.3. The average Bonchev–Trinajstić information content (AvgIpc) is 3.42. The van der Waals surface area contributed by atoms with Crippen LogP contribution in [0.2, 0.25) is 0 Å². The molecule has 0 atom stereocenters. The van der Waals surface area contributed by atoms with E-state index in [4.69, 9.17) is 4.74 Å². The van der Waals surface area contributed by atoms with Crippen molar-refractivity contribution in [1.29, 1.82) is 0 Å². The van der Waals surface area contributed by atoms with Gasteiger partial charge in [-0.1, -0.05) is 18.2 Å². The quantitative estimate of drug-likeness (QED) is 0.454. The Labute approximate surface area is 184 Å². The van der Waals surface area contributed by atoms with Crippen molar-refractivity contribution in [2.45, 2.75) is 39.7 Å². The van der Waals surface area contributed by atoms with Crippen molar-refractivity contribution in [1.82, 2.24) is 19.7 Å². The maximum Gasteiger partial charge on any atom is 0.338 e. The molecule has 2 N–H and O–H groups in total. The number of rotatable bonds is 6. The summed E-state index contributed by atoms with van der Waals surface area (Å²) in [5, 5.41) is 17.6. The minimum atomic E-state index is -1.04. The van der Waals surface area contributed by atoms with E-state index in [0.29, 0.717) is 17.8 Å². The molecule has 2 aromatic heterocycles. The molecule has 0 saturated heterocycles. The van der Waals surface area contributed by atoms with Crippen LogP contribution in [0.1, 0.15) is 39.9 Å². The number of carbonyl (C=O) groups is 1. The number of carboxylic acids is 1. The summed E-state index contributed by atoms with van der Waals surface area (Å²) in [6.45, 7) is 6.04. The number of carboxylic acid groups (broad SMARTS) is 1. The van der Waals surface area contributed by atoms with Crippen molar-refractivity contribution in [2.24, 2.45) is 0 Å². The number of ether oxygens (including phenoxy) is 1. The van der Waals surface area contributed by atoms with Crippen molar-refractivity contribution in [3.63, 3.8) is 0 Å². The molecular formula is C24H23N5O3. The van der Waals surface area contributed by atoms with Gasteiger partial charge in [0, 0.05) is 17.6 Å². The molecule has 32 heavy (non-hydrogen) atoms. The predicted molar refractivity (Wildman–Crippen MR) is 121 cm³/mol. The second kappa shape index (κ2) is 7.64. The van der Waals surface area contributed by atoms with Gasteiger partial charge in [-0.15, -0.1) is 0 Å². The Morgan fingerprint density at radius 3 is 2.53 bits per heavy atom. The van der Waals surface area contributed by atoms with Crippen molar-refractivity contribution in [2.75, 3.05) is 5.32 Å². The highest BCUT2D eigenvalue weighted by Gasteiger charge is 2.24. The lowest BCUT2D eigenvalue weighted by Gasteiger charge is -2.16. The fourth-order valence-corrected chi connectivity index (χ4v) is 3.60. The minimum absolute atomic E-state index is 0.0823. The summed E-state index contributed by atoms with van der Waals surface area (Å²) in [6.07, 6.45) is 4.87. The molecule has 0 bridgehead atoms.